The number of benzene rings is 1. The van der Waals surface area contributed by atoms with Gasteiger partial charge in [0.25, 0.3) is 11.1 Å². The molecule has 9 heteroatoms. The van der Waals surface area contributed by atoms with Crippen LogP contribution in [0.15, 0.2) is 17.0 Å². The molecule has 1 fully saturated rings. The summed E-state index contributed by atoms with van der Waals surface area (Å²) >= 11 is 0.776. The normalized spacial score (nSPS) is 15.3. The molecule has 3 amide bonds. The van der Waals surface area contributed by atoms with Gasteiger partial charge in [0.15, 0.2) is 11.5 Å². The van der Waals surface area contributed by atoms with Crippen molar-refractivity contribution in [3.05, 3.63) is 22.6 Å². The molecule has 27 heavy (non-hydrogen) atoms. The summed E-state index contributed by atoms with van der Waals surface area (Å²) in [5, 5.41) is 2.16. The maximum absolute atomic E-state index is 12.5. The van der Waals surface area contributed by atoms with E-state index in [0.29, 0.717) is 29.4 Å². The molecular formula is C18H22N2O6S. The first-order chi connectivity index (χ1) is 12.9. The van der Waals surface area contributed by atoms with E-state index in [2.05, 4.69) is 5.32 Å². The number of nitrogens with zero attached hydrogens (tertiary/aromatic N) is 1. The number of thioether (sulfide) groups is 1. The zero-order chi connectivity index (χ0) is 20.0. The van der Waals surface area contributed by atoms with E-state index >= 15 is 0 Å². The predicted octanol–water partition coefficient (Wildman–Crippen LogP) is 2.27. The van der Waals surface area contributed by atoms with Gasteiger partial charge in [0.05, 0.1) is 26.2 Å². The number of carbonyl (C=O) groups is 3. The van der Waals surface area contributed by atoms with E-state index < -0.39 is 11.1 Å². The first-order valence-corrected chi connectivity index (χ1v) is 9.08. The van der Waals surface area contributed by atoms with Gasteiger partial charge in [-0.1, -0.05) is 6.92 Å². The molecule has 1 aliphatic rings. The van der Waals surface area contributed by atoms with Gasteiger partial charge >= 0.3 is 0 Å². The molecule has 0 bridgehead atoms. The second-order valence-corrected chi connectivity index (χ2v) is 6.56. The summed E-state index contributed by atoms with van der Waals surface area (Å²) in [5.41, 5.74) is 0.552. The van der Waals surface area contributed by atoms with Gasteiger partial charge in [-0.3, -0.25) is 19.3 Å². The molecule has 2 rings (SSSR count). The maximum Gasteiger partial charge on any atom is 0.294 e. The van der Waals surface area contributed by atoms with E-state index in [1.807, 2.05) is 6.92 Å². The Labute approximate surface area is 161 Å². The average molecular weight is 394 g/mol. The molecule has 146 valence electrons. The monoisotopic (exact) mass is 394 g/mol. The summed E-state index contributed by atoms with van der Waals surface area (Å²) in [4.78, 5) is 37.6. The number of imide groups is 1. The minimum atomic E-state index is -0.520. The van der Waals surface area contributed by atoms with Crippen LogP contribution in [0.2, 0.25) is 0 Å². The van der Waals surface area contributed by atoms with Crippen molar-refractivity contribution in [2.75, 3.05) is 34.4 Å². The van der Waals surface area contributed by atoms with Crippen molar-refractivity contribution in [3.8, 4) is 17.2 Å². The van der Waals surface area contributed by atoms with Gasteiger partial charge in [-0.2, -0.15) is 0 Å². The highest BCUT2D eigenvalue weighted by atomic mass is 32.2. The largest absolute Gasteiger partial charge is 0.496 e. The smallest absolute Gasteiger partial charge is 0.294 e. The van der Waals surface area contributed by atoms with Crippen molar-refractivity contribution in [2.45, 2.75) is 13.3 Å². The second kappa shape index (κ2) is 9.31. The molecule has 1 aromatic rings. The lowest BCUT2D eigenvalue weighted by atomic mass is 10.1. The van der Waals surface area contributed by atoms with E-state index in [-0.39, 0.29) is 17.4 Å². The van der Waals surface area contributed by atoms with Gasteiger partial charge in [-0.25, -0.2) is 0 Å². The molecule has 1 saturated heterocycles. The van der Waals surface area contributed by atoms with E-state index in [4.69, 9.17) is 14.2 Å². The Bertz CT molecular complexity index is 777. The molecule has 0 aliphatic carbocycles. The molecule has 8 nitrogen and oxygen atoms in total. The van der Waals surface area contributed by atoms with Gasteiger partial charge in [0.2, 0.25) is 5.91 Å². The van der Waals surface area contributed by atoms with Gasteiger partial charge in [-0.05, 0) is 30.3 Å². The molecule has 1 heterocycles. The highest BCUT2D eigenvalue weighted by Gasteiger charge is 2.36. The van der Waals surface area contributed by atoms with E-state index in [0.717, 1.165) is 23.1 Å². The Morgan fingerprint density at radius 1 is 1.11 bits per heavy atom. The Hall–Kier alpha value is -2.68. The number of nitrogens with one attached hydrogen (secondary N) is 1. The molecule has 1 aromatic carbocycles. The van der Waals surface area contributed by atoms with Crippen LogP contribution in [0.1, 0.15) is 18.9 Å². The molecule has 0 atom stereocenters. The summed E-state index contributed by atoms with van der Waals surface area (Å²) in [6.07, 6.45) is 2.31. The van der Waals surface area contributed by atoms with Crippen LogP contribution in [-0.4, -0.2) is 56.4 Å². The number of rotatable bonds is 8. The number of carbonyl (C=O) groups excluding carboxylic acids is 3. The lowest BCUT2D eigenvalue weighted by Crippen LogP contribution is -2.39. The number of amides is 3. The van der Waals surface area contributed by atoms with Crippen LogP contribution in [0.4, 0.5) is 4.79 Å². The fourth-order valence-corrected chi connectivity index (χ4v) is 3.24. The minimum Gasteiger partial charge on any atom is -0.496 e. The SMILES string of the molecule is CCCNC(=O)CN1C(=O)S/C(=C\c2cc(OC)c(OC)cc2OC)C1=O. The van der Waals surface area contributed by atoms with Crippen LogP contribution in [0.5, 0.6) is 17.2 Å². The van der Waals surface area contributed by atoms with E-state index in [1.54, 1.807) is 12.1 Å². The summed E-state index contributed by atoms with van der Waals surface area (Å²) < 4.78 is 15.8. The van der Waals surface area contributed by atoms with Gasteiger partial charge in [0, 0.05) is 18.2 Å². The van der Waals surface area contributed by atoms with Crippen molar-refractivity contribution < 1.29 is 28.6 Å². The maximum atomic E-state index is 12.5. The van der Waals surface area contributed by atoms with Crippen molar-refractivity contribution in [2.24, 2.45) is 0 Å². The van der Waals surface area contributed by atoms with Crippen LogP contribution in [0, 0.1) is 0 Å². The summed E-state index contributed by atoms with van der Waals surface area (Å²) in [6.45, 7) is 2.11. The van der Waals surface area contributed by atoms with Gasteiger partial charge in [0.1, 0.15) is 12.3 Å². The molecule has 0 unspecified atom stereocenters. The quantitative estimate of drug-likeness (QED) is 0.676. The third kappa shape index (κ3) is 4.73. The molecule has 0 spiro atoms. The molecule has 1 aliphatic heterocycles. The van der Waals surface area contributed by atoms with Crippen LogP contribution in [-0.2, 0) is 9.59 Å². The number of hydrogen-bond acceptors (Lipinski definition) is 7. The first kappa shape index (κ1) is 20.6. The zero-order valence-electron chi connectivity index (χ0n) is 15.7. The van der Waals surface area contributed by atoms with Crippen LogP contribution < -0.4 is 19.5 Å². The Morgan fingerprint density at radius 3 is 2.33 bits per heavy atom. The number of methoxy groups -OCH3 is 3. The average Bonchev–Trinajstić information content (AvgIpc) is 2.93. The fraction of sp³-hybridized carbons (Fsp3) is 0.389. The van der Waals surface area contributed by atoms with Crippen LogP contribution in [0.3, 0.4) is 0 Å². The third-order valence-electron chi connectivity index (χ3n) is 3.77. The number of hydrogen-bond donors (Lipinski definition) is 1. The molecule has 0 aromatic heterocycles. The molecule has 0 saturated carbocycles. The van der Waals surface area contributed by atoms with Crippen molar-refractivity contribution >= 4 is 34.9 Å². The van der Waals surface area contributed by atoms with Gasteiger partial charge < -0.3 is 19.5 Å². The topological polar surface area (TPSA) is 94.2 Å². The Kier molecular flexibility index (Phi) is 7.12. The lowest BCUT2D eigenvalue weighted by Gasteiger charge is -2.13. The van der Waals surface area contributed by atoms with Crippen molar-refractivity contribution in [1.82, 2.24) is 10.2 Å². The molecule has 1 N–H and O–H groups in total. The van der Waals surface area contributed by atoms with Crippen LogP contribution >= 0.6 is 11.8 Å². The Morgan fingerprint density at radius 2 is 1.74 bits per heavy atom. The van der Waals surface area contributed by atoms with Gasteiger partial charge in [-0.15, -0.1) is 0 Å². The summed E-state index contributed by atoms with van der Waals surface area (Å²) in [7, 11) is 4.49. The predicted molar refractivity (Wildman–Crippen MR) is 102 cm³/mol. The molecular weight excluding hydrogens is 372 g/mol. The summed E-state index contributed by atoms with van der Waals surface area (Å²) in [6, 6.07) is 3.28. The highest BCUT2D eigenvalue weighted by Crippen LogP contribution is 2.38. The molecule has 0 radical (unpaired) electrons. The second-order valence-electron chi connectivity index (χ2n) is 5.57. The Balaban J connectivity index is 2.28. The zero-order valence-corrected chi connectivity index (χ0v) is 16.5. The van der Waals surface area contributed by atoms with E-state index in [1.165, 1.54) is 27.4 Å². The van der Waals surface area contributed by atoms with Crippen molar-refractivity contribution in [3.63, 3.8) is 0 Å². The minimum absolute atomic E-state index is 0.203. The fourth-order valence-electron chi connectivity index (χ4n) is 2.41. The summed E-state index contributed by atoms with van der Waals surface area (Å²) in [5.74, 6) is 0.507. The highest BCUT2D eigenvalue weighted by molar-refractivity contribution is 8.18. The van der Waals surface area contributed by atoms with Crippen molar-refractivity contribution in [1.29, 1.82) is 0 Å². The third-order valence-corrected chi connectivity index (χ3v) is 4.68. The van der Waals surface area contributed by atoms with E-state index in [9.17, 15) is 14.4 Å². The first-order valence-electron chi connectivity index (χ1n) is 8.27. The van der Waals surface area contributed by atoms with Crippen LogP contribution in [0.25, 0.3) is 6.08 Å². The standard InChI is InChI=1S/C18H22N2O6S/c1-5-6-19-16(21)10-20-17(22)15(27-18(20)23)8-11-7-13(25-3)14(26-4)9-12(11)24-2/h7-9H,5-6,10H2,1-4H3,(H,19,21)/b15-8-. The number of ether oxygens (including phenoxy) is 3. The lowest BCUT2D eigenvalue weighted by molar-refractivity contribution is -0.129.